The highest BCUT2D eigenvalue weighted by Crippen LogP contribution is 2.36. The molecule has 0 amide bonds. The lowest BCUT2D eigenvalue weighted by Gasteiger charge is -2.22. The molecule has 0 aliphatic rings. The molecule has 4 nitrogen and oxygen atoms in total. The van der Waals surface area contributed by atoms with Crippen molar-refractivity contribution in [3.63, 3.8) is 0 Å². The van der Waals surface area contributed by atoms with Crippen LogP contribution in [0.1, 0.15) is 22.0 Å². The standard InChI is InChI=1S/C17H13F3O4S/c1-22-15(21)12-9-7-11(8-10-12)14(17(18,19)20)24-16(25)23-13-5-3-2-4-6-13/h2-10,14H,1H3. The molecule has 2 aromatic rings. The zero-order valence-corrected chi connectivity index (χ0v) is 13.8. The predicted octanol–water partition coefficient (Wildman–Crippen LogP) is 4.46. The molecule has 0 N–H and O–H groups in total. The molecule has 0 aromatic heterocycles. The van der Waals surface area contributed by atoms with Crippen LogP contribution in [-0.2, 0) is 9.47 Å². The van der Waals surface area contributed by atoms with E-state index >= 15 is 0 Å². The average Bonchev–Trinajstić information content (AvgIpc) is 2.59. The Labute approximate surface area is 147 Å². The quantitative estimate of drug-likeness (QED) is 0.587. The SMILES string of the molecule is COC(=O)c1ccc(C(OC(=S)Oc2ccccc2)C(F)(F)F)cc1. The van der Waals surface area contributed by atoms with Crippen LogP contribution in [0.4, 0.5) is 13.2 Å². The molecule has 132 valence electrons. The number of rotatable bonds is 4. The average molecular weight is 370 g/mol. The number of carbonyl (C=O) groups is 1. The van der Waals surface area contributed by atoms with E-state index < -0.39 is 23.5 Å². The van der Waals surface area contributed by atoms with Gasteiger partial charge in [0.25, 0.3) is 0 Å². The number of alkyl halides is 3. The third kappa shape index (κ3) is 5.18. The number of benzene rings is 2. The van der Waals surface area contributed by atoms with E-state index in [-0.39, 0.29) is 16.9 Å². The first-order valence-electron chi connectivity index (χ1n) is 7.00. The summed E-state index contributed by atoms with van der Waals surface area (Å²) in [6, 6.07) is 12.7. The molecule has 0 aliphatic heterocycles. The van der Waals surface area contributed by atoms with Crippen molar-refractivity contribution < 1.29 is 32.2 Å². The van der Waals surface area contributed by atoms with Gasteiger partial charge < -0.3 is 14.2 Å². The predicted molar refractivity (Wildman–Crippen MR) is 87.3 cm³/mol. The van der Waals surface area contributed by atoms with Gasteiger partial charge in [-0.25, -0.2) is 4.79 Å². The Balaban J connectivity index is 2.16. The summed E-state index contributed by atoms with van der Waals surface area (Å²) >= 11 is 4.75. The molecule has 2 aromatic carbocycles. The molecule has 0 spiro atoms. The van der Waals surface area contributed by atoms with Gasteiger partial charge in [-0.15, -0.1) is 0 Å². The normalized spacial score (nSPS) is 12.2. The zero-order valence-electron chi connectivity index (χ0n) is 12.9. The van der Waals surface area contributed by atoms with Crippen LogP contribution >= 0.6 is 12.2 Å². The van der Waals surface area contributed by atoms with Crippen molar-refractivity contribution in [2.45, 2.75) is 12.3 Å². The van der Waals surface area contributed by atoms with Crippen molar-refractivity contribution in [1.29, 1.82) is 0 Å². The highest BCUT2D eigenvalue weighted by Gasteiger charge is 2.44. The van der Waals surface area contributed by atoms with E-state index in [2.05, 4.69) is 4.74 Å². The van der Waals surface area contributed by atoms with Crippen LogP contribution in [0.25, 0.3) is 0 Å². The molecular weight excluding hydrogens is 357 g/mol. The van der Waals surface area contributed by atoms with Crippen LogP contribution in [0.2, 0.25) is 0 Å². The summed E-state index contributed by atoms with van der Waals surface area (Å²) < 4.78 is 54.3. The Morgan fingerprint density at radius 3 is 2.16 bits per heavy atom. The van der Waals surface area contributed by atoms with Crippen molar-refractivity contribution in [2.75, 3.05) is 7.11 Å². The molecule has 0 aliphatic carbocycles. The van der Waals surface area contributed by atoms with Gasteiger partial charge in [0, 0.05) is 17.8 Å². The smallest absolute Gasteiger partial charge is 0.429 e. The summed E-state index contributed by atoms with van der Waals surface area (Å²) in [5.41, 5.74) is -0.102. The first-order valence-corrected chi connectivity index (χ1v) is 7.40. The maximum Gasteiger partial charge on any atom is 0.429 e. The summed E-state index contributed by atoms with van der Waals surface area (Å²) in [5.74, 6) is -0.395. The van der Waals surface area contributed by atoms with Crippen LogP contribution in [0.3, 0.4) is 0 Å². The highest BCUT2D eigenvalue weighted by atomic mass is 32.1. The minimum absolute atomic E-state index is 0.121. The molecule has 0 radical (unpaired) electrons. The minimum atomic E-state index is -4.73. The second-order valence-corrected chi connectivity index (χ2v) is 5.15. The van der Waals surface area contributed by atoms with E-state index in [0.29, 0.717) is 0 Å². The Hall–Kier alpha value is -2.61. The summed E-state index contributed by atoms with van der Waals surface area (Å²) in [6.45, 7) is 0. The molecule has 1 atom stereocenters. The summed E-state index contributed by atoms with van der Waals surface area (Å²) in [5, 5.41) is -0.662. The van der Waals surface area contributed by atoms with E-state index in [0.717, 1.165) is 12.1 Å². The number of thiocarbonyl (C=S) groups is 1. The largest absolute Gasteiger partial charge is 0.465 e. The molecule has 0 saturated carbocycles. The lowest BCUT2D eigenvalue weighted by atomic mass is 10.1. The van der Waals surface area contributed by atoms with E-state index in [1.165, 1.54) is 31.4 Å². The van der Waals surface area contributed by atoms with Gasteiger partial charge in [-0.05, 0) is 24.3 Å². The van der Waals surface area contributed by atoms with Gasteiger partial charge in [-0.1, -0.05) is 30.3 Å². The van der Waals surface area contributed by atoms with Crippen molar-refractivity contribution >= 4 is 23.4 Å². The number of hydrogen-bond donors (Lipinski definition) is 0. The van der Waals surface area contributed by atoms with E-state index in [1.54, 1.807) is 18.2 Å². The fourth-order valence-corrected chi connectivity index (χ4v) is 2.13. The topological polar surface area (TPSA) is 44.8 Å². The van der Waals surface area contributed by atoms with Crippen LogP contribution in [0, 0.1) is 0 Å². The zero-order chi connectivity index (χ0) is 18.4. The number of ether oxygens (including phenoxy) is 3. The van der Waals surface area contributed by atoms with Crippen molar-refractivity contribution in [3.8, 4) is 5.75 Å². The molecule has 0 bridgehead atoms. The van der Waals surface area contributed by atoms with Crippen LogP contribution in [0.5, 0.6) is 5.75 Å². The summed E-state index contributed by atoms with van der Waals surface area (Å²) in [6.07, 6.45) is -7.05. The number of esters is 1. The van der Waals surface area contributed by atoms with Gasteiger partial charge in [0.05, 0.1) is 12.7 Å². The number of halogens is 3. The monoisotopic (exact) mass is 370 g/mol. The summed E-state index contributed by atoms with van der Waals surface area (Å²) in [4.78, 5) is 11.4. The lowest BCUT2D eigenvalue weighted by Crippen LogP contribution is -2.27. The Kier molecular flexibility index (Phi) is 5.97. The number of para-hydroxylation sites is 1. The van der Waals surface area contributed by atoms with E-state index in [1.807, 2.05) is 0 Å². The Morgan fingerprint density at radius 2 is 1.64 bits per heavy atom. The molecule has 8 heteroatoms. The molecule has 0 fully saturated rings. The van der Waals surface area contributed by atoms with Gasteiger partial charge in [0.2, 0.25) is 6.10 Å². The van der Waals surface area contributed by atoms with Crippen molar-refractivity contribution in [3.05, 3.63) is 65.7 Å². The maximum absolute atomic E-state index is 13.3. The van der Waals surface area contributed by atoms with Crippen molar-refractivity contribution in [1.82, 2.24) is 0 Å². The fourth-order valence-electron chi connectivity index (χ4n) is 1.94. The third-order valence-corrected chi connectivity index (χ3v) is 3.27. The highest BCUT2D eigenvalue weighted by molar-refractivity contribution is 7.79. The van der Waals surface area contributed by atoms with Gasteiger partial charge >= 0.3 is 17.4 Å². The lowest BCUT2D eigenvalue weighted by molar-refractivity contribution is -0.203. The van der Waals surface area contributed by atoms with E-state index in [9.17, 15) is 18.0 Å². The molecule has 0 heterocycles. The molecular formula is C17H13F3O4S. The number of methoxy groups -OCH3 is 1. The van der Waals surface area contributed by atoms with Gasteiger partial charge in [0.15, 0.2) is 0 Å². The van der Waals surface area contributed by atoms with Gasteiger partial charge in [-0.2, -0.15) is 13.2 Å². The maximum atomic E-state index is 13.3. The molecule has 2 rings (SSSR count). The fraction of sp³-hybridized carbons (Fsp3) is 0.176. The molecule has 0 saturated heterocycles. The van der Waals surface area contributed by atoms with Gasteiger partial charge in [0.1, 0.15) is 5.75 Å². The first-order chi connectivity index (χ1) is 11.8. The number of carbonyl (C=O) groups excluding carboxylic acids is 1. The second-order valence-electron chi connectivity index (χ2n) is 4.82. The van der Waals surface area contributed by atoms with Gasteiger partial charge in [-0.3, -0.25) is 0 Å². The van der Waals surface area contributed by atoms with Crippen molar-refractivity contribution in [2.24, 2.45) is 0 Å². The Bertz CT molecular complexity index is 730. The van der Waals surface area contributed by atoms with Crippen LogP contribution < -0.4 is 4.74 Å². The second kappa shape index (κ2) is 7.98. The molecule has 25 heavy (non-hydrogen) atoms. The summed E-state index contributed by atoms with van der Waals surface area (Å²) in [7, 11) is 1.18. The molecule has 1 unspecified atom stereocenters. The van der Waals surface area contributed by atoms with Crippen LogP contribution in [-0.4, -0.2) is 24.5 Å². The van der Waals surface area contributed by atoms with E-state index in [4.69, 9.17) is 21.7 Å². The minimum Gasteiger partial charge on any atom is -0.465 e. The third-order valence-electron chi connectivity index (χ3n) is 3.09. The number of hydrogen-bond acceptors (Lipinski definition) is 5. The first kappa shape index (κ1) is 18.7. The Morgan fingerprint density at radius 1 is 1.04 bits per heavy atom. The van der Waals surface area contributed by atoms with Crippen LogP contribution in [0.15, 0.2) is 54.6 Å².